The van der Waals surface area contributed by atoms with Crippen LogP contribution in [0.5, 0.6) is 0 Å². The van der Waals surface area contributed by atoms with Crippen molar-refractivity contribution in [3.05, 3.63) is 41.6 Å². The smallest absolute Gasteiger partial charge is 0.126 e. The predicted molar refractivity (Wildman–Crippen MR) is 66.1 cm³/mol. The van der Waals surface area contributed by atoms with E-state index in [0.29, 0.717) is 12.0 Å². The standard InChI is InChI=1S/C13H16FN3/c1-8-5-10(3-4-11(8)14)12-7-16-13(17-12)6-9(2)15/h3-5,7,9H,6,15H2,1-2H3,(H,16,17). The van der Waals surface area contributed by atoms with Crippen LogP contribution in [-0.4, -0.2) is 16.0 Å². The summed E-state index contributed by atoms with van der Waals surface area (Å²) in [5.41, 5.74) is 8.17. The van der Waals surface area contributed by atoms with Crippen molar-refractivity contribution in [2.75, 3.05) is 0 Å². The van der Waals surface area contributed by atoms with Crippen LogP contribution in [0.25, 0.3) is 11.3 Å². The molecule has 0 spiro atoms. The number of aromatic nitrogens is 2. The number of aryl methyl sites for hydroxylation is 1. The number of imidazole rings is 1. The van der Waals surface area contributed by atoms with Crippen LogP contribution in [0.2, 0.25) is 0 Å². The van der Waals surface area contributed by atoms with Gasteiger partial charge in [0.05, 0.1) is 11.9 Å². The number of halogens is 1. The van der Waals surface area contributed by atoms with Crippen LogP contribution in [0.1, 0.15) is 18.3 Å². The molecular formula is C13H16FN3. The number of nitrogens with zero attached hydrogens (tertiary/aromatic N) is 1. The van der Waals surface area contributed by atoms with Gasteiger partial charge < -0.3 is 10.7 Å². The zero-order chi connectivity index (χ0) is 12.4. The van der Waals surface area contributed by atoms with E-state index in [1.807, 2.05) is 6.92 Å². The summed E-state index contributed by atoms with van der Waals surface area (Å²) < 4.78 is 13.1. The van der Waals surface area contributed by atoms with E-state index < -0.39 is 0 Å². The van der Waals surface area contributed by atoms with E-state index in [-0.39, 0.29) is 11.9 Å². The number of benzene rings is 1. The number of nitrogens with two attached hydrogens (primary N) is 1. The van der Waals surface area contributed by atoms with Crippen molar-refractivity contribution >= 4 is 0 Å². The van der Waals surface area contributed by atoms with E-state index in [2.05, 4.69) is 9.97 Å². The molecule has 0 saturated carbocycles. The lowest BCUT2D eigenvalue weighted by molar-refractivity contribution is 0.619. The molecule has 2 rings (SSSR count). The highest BCUT2D eigenvalue weighted by Gasteiger charge is 2.06. The molecule has 1 aromatic heterocycles. The normalized spacial score (nSPS) is 12.7. The molecule has 2 aromatic rings. The first-order chi connectivity index (χ1) is 8.06. The van der Waals surface area contributed by atoms with E-state index in [1.54, 1.807) is 25.3 Å². The van der Waals surface area contributed by atoms with Crippen molar-refractivity contribution in [2.24, 2.45) is 5.73 Å². The molecule has 0 aliphatic heterocycles. The molecule has 3 nitrogen and oxygen atoms in total. The number of hydrogen-bond acceptors (Lipinski definition) is 2. The number of H-pyrrole nitrogens is 1. The van der Waals surface area contributed by atoms with E-state index in [1.165, 1.54) is 6.07 Å². The Labute approximate surface area is 99.9 Å². The lowest BCUT2D eigenvalue weighted by Crippen LogP contribution is -2.18. The highest BCUT2D eigenvalue weighted by atomic mass is 19.1. The number of hydrogen-bond donors (Lipinski definition) is 2. The van der Waals surface area contributed by atoms with Gasteiger partial charge in [-0.15, -0.1) is 0 Å². The molecule has 4 heteroatoms. The van der Waals surface area contributed by atoms with Crippen LogP contribution >= 0.6 is 0 Å². The highest BCUT2D eigenvalue weighted by molar-refractivity contribution is 5.59. The first kappa shape index (κ1) is 11.8. The third kappa shape index (κ3) is 2.71. The van der Waals surface area contributed by atoms with Crippen molar-refractivity contribution in [3.8, 4) is 11.3 Å². The van der Waals surface area contributed by atoms with Crippen molar-refractivity contribution < 1.29 is 4.39 Å². The van der Waals surface area contributed by atoms with Crippen LogP contribution in [0.15, 0.2) is 24.4 Å². The molecule has 0 aliphatic rings. The summed E-state index contributed by atoms with van der Waals surface area (Å²) in [6.45, 7) is 3.68. The Morgan fingerprint density at radius 2 is 2.24 bits per heavy atom. The van der Waals surface area contributed by atoms with Gasteiger partial charge in [-0.1, -0.05) is 0 Å². The zero-order valence-corrected chi connectivity index (χ0v) is 10.00. The van der Waals surface area contributed by atoms with Crippen molar-refractivity contribution in [3.63, 3.8) is 0 Å². The minimum absolute atomic E-state index is 0.0731. The molecule has 0 saturated heterocycles. The summed E-state index contributed by atoms with van der Waals surface area (Å²) in [5.74, 6) is 0.668. The van der Waals surface area contributed by atoms with Gasteiger partial charge in [0.15, 0.2) is 0 Å². The van der Waals surface area contributed by atoms with Gasteiger partial charge in [-0.3, -0.25) is 0 Å². The van der Waals surface area contributed by atoms with Gasteiger partial charge in [0.25, 0.3) is 0 Å². The summed E-state index contributed by atoms with van der Waals surface area (Å²) in [5, 5.41) is 0. The van der Waals surface area contributed by atoms with Gasteiger partial charge >= 0.3 is 0 Å². The summed E-state index contributed by atoms with van der Waals surface area (Å²) in [4.78, 5) is 7.45. The van der Waals surface area contributed by atoms with Crippen molar-refractivity contribution in [1.29, 1.82) is 0 Å². The second-order valence-electron chi connectivity index (χ2n) is 4.39. The fourth-order valence-electron chi connectivity index (χ4n) is 1.73. The minimum Gasteiger partial charge on any atom is -0.342 e. The van der Waals surface area contributed by atoms with Crippen molar-refractivity contribution in [2.45, 2.75) is 26.3 Å². The lowest BCUT2D eigenvalue weighted by atomic mass is 10.1. The Morgan fingerprint density at radius 1 is 1.47 bits per heavy atom. The van der Waals surface area contributed by atoms with Crippen LogP contribution in [0.3, 0.4) is 0 Å². The van der Waals surface area contributed by atoms with Gasteiger partial charge in [0, 0.05) is 18.0 Å². The molecule has 0 fully saturated rings. The average molecular weight is 233 g/mol. The van der Waals surface area contributed by atoms with E-state index in [0.717, 1.165) is 17.1 Å². The average Bonchev–Trinajstić information content (AvgIpc) is 2.69. The predicted octanol–water partition coefficient (Wildman–Crippen LogP) is 2.41. The maximum absolute atomic E-state index is 13.1. The molecule has 1 unspecified atom stereocenters. The summed E-state index contributed by atoms with van der Waals surface area (Å²) in [7, 11) is 0. The topological polar surface area (TPSA) is 54.7 Å². The van der Waals surface area contributed by atoms with Gasteiger partial charge in [-0.2, -0.15) is 0 Å². The number of nitrogens with one attached hydrogen (secondary N) is 1. The zero-order valence-electron chi connectivity index (χ0n) is 10.00. The fraction of sp³-hybridized carbons (Fsp3) is 0.308. The first-order valence-electron chi connectivity index (χ1n) is 5.62. The molecule has 17 heavy (non-hydrogen) atoms. The van der Waals surface area contributed by atoms with Crippen LogP contribution in [0.4, 0.5) is 4.39 Å². The van der Waals surface area contributed by atoms with Gasteiger partial charge in [-0.25, -0.2) is 9.37 Å². The molecule has 1 atom stereocenters. The van der Waals surface area contributed by atoms with E-state index >= 15 is 0 Å². The maximum atomic E-state index is 13.1. The van der Waals surface area contributed by atoms with E-state index in [4.69, 9.17) is 5.73 Å². The monoisotopic (exact) mass is 233 g/mol. The summed E-state index contributed by atoms with van der Waals surface area (Å²) in [6.07, 6.45) is 2.46. The first-order valence-corrected chi connectivity index (χ1v) is 5.62. The Kier molecular flexibility index (Phi) is 3.24. The summed E-state index contributed by atoms with van der Waals surface area (Å²) in [6, 6.07) is 5.09. The van der Waals surface area contributed by atoms with Crippen LogP contribution < -0.4 is 5.73 Å². The quantitative estimate of drug-likeness (QED) is 0.855. The lowest BCUT2D eigenvalue weighted by Gasteiger charge is -2.02. The molecular weight excluding hydrogens is 217 g/mol. The Bertz CT molecular complexity index is 517. The SMILES string of the molecule is Cc1cc(-c2cnc(CC(C)N)[nH]2)ccc1F. The second kappa shape index (κ2) is 4.67. The van der Waals surface area contributed by atoms with Gasteiger partial charge in [-0.05, 0) is 37.6 Å². The second-order valence-corrected chi connectivity index (χ2v) is 4.39. The number of aromatic amines is 1. The molecule has 0 amide bonds. The third-order valence-corrected chi connectivity index (χ3v) is 2.61. The summed E-state index contributed by atoms with van der Waals surface area (Å²) >= 11 is 0. The Morgan fingerprint density at radius 3 is 2.88 bits per heavy atom. The largest absolute Gasteiger partial charge is 0.342 e. The molecule has 1 aromatic carbocycles. The highest BCUT2D eigenvalue weighted by Crippen LogP contribution is 2.20. The van der Waals surface area contributed by atoms with Gasteiger partial charge in [0.2, 0.25) is 0 Å². The van der Waals surface area contributed by atoms with Crippen LogP contribution in [-0.2, 0) is 6.42 Å². The Balaban J connectivity index is 2.27. The molecule has 0 aliphatic carbocycles. The maximum Gasteiger partial charge on any atom is 0.126 e. The third-order valence-electron chi connectivity index (χ3n) is 2.61. The Hall–Kier alpha value is -1.68. The van der Waals surface area contributed by atoms with Crippen molar-refractivity contribution in [1.82, 2.24) is 9.97 Å². The molecule has 3 N–H and O–H groups in total. The molecule has 0 bridgehead atoms. The van der Waals surface area contributed by atoms with Crippen LogP contribution in [0, 0.1) is 12.7 Å². The minimum atomic E-state index is -0.191. The molecule has 1 heterocycles. The fourth-order valence-corrected chi connectivity index (χ4v) is 1.73. The van der Waals surface area contributed by atoms with Gasteiger partial charge in [0.1, 0.15) is 11.6 Å². The molecule has 90 valence electrons. The molecule has 0 radical (unpaired) electrons. The van der Waals surface area contributed by atoms with E-state index in [9.17, 15) is 4.39 Å². The number of rotatable bonds is 3.